The molecule has 0 unspecified atom stereocenters. The van der Waals surface area contributed by atoms with Crippen LogP contribution in [0.25, 0.3) is 0 Å². The van der Waals surface area contributed by atoms with Crippen LogP contribution in [0.4, 0.5) is 0 Å². The van der Waals surface area contributed by atoms with E-state index in [0.717, 1.165) is 0 Å². The van der Waals surface area contributed by atoms with E-state index in [-0.39, 0.29) is 5.54 Å². The van der Waals surface area contributed by atoms with Crippen LogP contribution in [0, 0.1) is 0 Å². The molecule has 1 heteroatoms. The Balaban J connectivity index is 3.58. The van der Waals surface area contributed by atoms with Gasteiger partial charge in [-0.15, -0.1) is 0 Å². The van der Waals surface area contributed by atoms with Crippen LogP contribution in [0.3, 0.4) is 0 Å². The van der Waals surface area contributed by atoms with E-state index in [4.69, 9.17) is 5.73 Å². The lowest BCUT2D eigenvalue weighted by Crippen LogP contribution is -2.39. The summed E-state index contributed by atoms with van der Waals surface area (Å²) < 4.78 is 0. The molecule has 0 rings (SSSR count). The molecule has 0 saturated heterocycles. The third kappa shape index (κ3) is 13.6. The molecule has 0 spiro atoms. The molecular formula is C21H45N. The summed E-state index contributed by atoms with van der Waals surface area (Å²) in [5.74, 6) is 0. The van der Waals surface area contributed by atoms with Crippen LogP contribution >= 0.6 is 0 Å². The van der Waals surface area contributed by atoms with Crippen LogP contribution in [0.15, 0.2) is 0 Å². The molecule has 0 amide bonds. The van der Waals surface area contributed by atoms with Crippen LogP contribution in [0.5, 0.6) is 0 Å². The molecule has 0 radical (unpaired) electrons. The highest BCUT2D eigenvalue weighted by Gasteiger charge is 2.22. The zero-order chi connectivity index (χ0) is 16.5. The third-order valence-electron chi connectivity index (χ3n) is 5.08. The molecule has 134 valence electrons. The molecule has 0 saturated carbocycles. The van der Waals surface area contributed by atoms with Crippen molar-refractivity contribution in [3.8, 4) is 0 Å². The zero-order valence-corrected chi connectivity index (χ0v) is 16.1. The van der Waals surface area contributed by atoms with Crippen molar-refractivity contribution in [3.05, 3.63) is 0 Å². The molecule has 0 aliphatic heterocycles. The Morgan fingerprint density at radius 1 is 0.455 bits per heavy atom. The van der Waals surface area contributed by atoms with E-state index in [1.54, 1.807) is 0 Å². The van der Waals surface area contributed by atoms with Crippen LogP contribution in [0.1, 0.15) is 130 Å². The van der Waals surface area contributed by atoms with Gasteiger partial charge in [0, 0.05) is 5.54 Å². The Labute approximate surface area is 141 Å². The van der Waals surface area contributed by atoms with E-state index in [1.807, 2.05) is 0 Å². The molecule has 1 nitrogen and oxygen atoms in total. The van der Waals surface area contributed by atoms with Gasteiger partial charge in [0.1, 0.15) is 0 Å². The van der Waals surface area contributed by atoms with Gasteiger partial charge >= 0.3 is 0 Å². The highest BCUT2D eigenvalue weighted by Crippen LogP contribution is 2.25. The van der Waals surface area contributed by atoms with E-state index in [0.29, 0.717) is 0 Å². The smallest absolute Gasteiger partial charge is 0.0154 e. The highest BCUT2D eigenvalue weighted by atomic mass is 14.7. The molecule has 0 heterocycles. The summed E-state index contributed by atoms with van der Waals surface area (Å²) in [4.78, 5) is 0. The number of hydrogen-bond acceptors (Lipinski definition) is 1. The minimum absolute atomic E-state index is 0.145. The Morgan fingerprint density at radius 3 is 1.18 bits per heavy atom. The first-order valence-corrected chi connectivity index (χ1v) is 10.5. The lowest BCUT2D eigenvalue weighted by molar-refractivity contribution is 0.309. The molecule has 0 aromatic heterocycles. The summed E-state index contributed by atoms with van der Waals surface area (Å²) in [6, 6.07) is 0. The fraction of sp³-hybridized carbons (Fsp3) is 1.00. The highest BCUT2D eigenvalue weighted by molar-refractivity contribution is 4.83. The standard InChI is InChI=1S/C21H45N/c1-4-7-10-11-12-13-14-15-16-17-20-21(22,18-8-5-2)19-9-6-3/h4-20,22H2,1-3H3. The van der Waals surface area contributed by atoms with Crippen LogP contribution in [0.2, 0.25) is 0 Å². The lowest BCUT2D eigenvalue weighted by Gasteiger charge is -2.30. The van der Waals surface area contributed by atoms with E-state index in [2.05, 4.69) is 20.8 Å². The normalized spacial score (nSPS) is 12.0. The number of unbranched alkanes of at least 4 members (excludes halogenated alkanes) is 11. The fourth-order valence-electron chi connectivity index (χ4n) is 3.40. The van der Waals surface area contributed by atoms with Crippen molar-refractivity contribution in [1.82, 2.24) is 0 Å². The van der Waals surface area contributed by atoms with Crippen molar-refractivity contribution in [2.75, 3.05) is 0 Å². The summed E-state index contributed by atoms with van der Waals surface area (Å²) in [7, 11) is 0. The van der Waals surface area contributed by atoms with Gasteiger partial charge in [-0.3, -0.25) is 0 Å². The average molecular weight is 312 g/mol. The SMILES string of the molecule is CCCCCCCCCCCCC(N)(CCCC)CCCC. The van der Waals surface area contributed by atoms with E-state index in [1.165, 1.54) is 109 Å². The molecule has 0 fully saturated rings. The number of nitrogens with two attached hydrogens (primary N) is 1. The maximum absolute atomic E-state index is 6.68. The molecule has 0 aromatic carbocycles. The van der Waals surface area contributed by atoms with Gasteiger partial charge in [-0.2, -0.15) is 0 Å². The largest absolute Gasteiger partial charge is 0.325 e. The van der Waals surface area contributed by atoms with Gasteiger partial charge < -0.3 is 5.73 Å². The molecule has 2 N–H and O–H groups in total. The van der Waals surface area contributed by atoms with Gasteiger partial charge in [0.25, 0.3) is 0 Å². The van der Waals surface area contributed by atoms with Crippen molar-refractivity contribution in [2.45, 2.75) is 135 Å². The van der Waals surface area contributed by atoms with Crippen LogP contribution in [-0.4, -0.2) is 5.54 Å². The van der Waals surface area contributed by atoms with Crippen LogP contribution < -0.4 is 5.73 Å². The predicted molar refractivity (Wildman–Crippen MR) is 102 cm³/mol. The summed E-state index contributed by atoms with van der Waals surface area (Å²) in [5, 5.41) is 0. The van der Waals surface area contributed by atoms with Gasteiger partial charge in [-0.25, -0.2) is 0 Å². The van der Waals surface area contributed by atoms with Gasteiger partial charge in [0.05, 0.1) is 0 Å². The molecule has 0 aliphatic rings. The average Bonchev–Trinajstić information content (AvgIpc) is 2.53. The summed E-state index contributed by atoms with van der Waals surface area (Å²) >= 11 is 0. The van der Waals surface area contributed by atoms with E-state index >= 15 is 0 Å². The quantitative estimate of drug-likeness (QED) is 0.279. The first-order chi connectivity index (χ1) is 10.7. The first kappa shape index (κ1) is 22.0. The van der Waals surface area contributed by atoms with Crippen molar-refractivity contribution < 1.29 is 0 Å². The third-order valence-corrected chi connectivity index (χ3v) is 5.08. The fourth-order valence-corrected chi connectivity index (χ4v) is 3.40. The predicted octanol–water partition coefficient (Wildman–Crippen LogP) is 7.38. The van der Waals surface area contributed by atoms with Gasteiger partial charge in [-0.1, -0.05) is 111 Å². The molecule has 0 atom stereocenters. The first-order valence-electron chi connectivity index (χ1n) is 10.5. The topological polar surface area (TPSA) is 26.0 Å². The Kier molecular flexibility index (Phi) is 15.8. The number of rotatable bonds is 17. The van der Waals surface area contributed by atoms with Gasteiger partial charge in [0.15, 0.2) is 0 Å². The van der Waals surface area contributed by atoms with Crippen molar-refractivity contribution in [2.24, 2.45) is 5.73 Å². The van der Waals surface area contributed by atoms with Gasteiger partial charge in [-0.05, 0) is 19.3 Å². The number of hydrogen-bond donors (Lipinski definition) is 1. The van der Waals surface area contributed by atoms with E-state index < -0.39 is 0 Å². The summed E-state index contributed by atoms with van der Waals surface area (Å²) in [5.41, 5.74) is 6.82. The molecule has 22 heavy (non-hydrogen) atoms. The van der Waals surface area contributed by atoms with E-state index in [9.17, 15) is 0 Å². The lowest BCUT2D eigenvalue weighted by atomic mass is 9.83. The Morgan fingerprint density at radius 2 is 0.773 bits per heavy atom. The minimum atomic E-state index is 0.145. The van der Waals surface area contributed by atoms with Crippen molar-refractivity contribution >= 4 is 0 Å². The van der Waals surface area contributed by atoms with Crippen molar-refractivity contribution in [3.63, 3.8) is 0 Å². The Bertz CT molecular complexity index is 204. The molecule has 0 aromatic rings. The zero-order valence-electron chi connectivity index (χ0n) is 16.1. The second kappa shape index (κ2) is 15.8. The molecule has 0 aliphatic carbocycles. The maximum atomic E-state index is 6.68. The van der Waals surface area contributed by atoms with Crippen LogP contribution in [-0.2, 0) is 0 Å². The Hall–Kier alpha value is -0.0400. The second-order valence-electron chi connectivity index (χ2n) is 7.50. The second-order valence-corrected chi connectivity index (χ2v) is 7.50. The van der Waals surface area contributed by atoms with Gasteiger partial charge in [0.2, 0.25) is 0 Å². The maximum Gasteiger partial charge on any atom is 0.0154 e. The monoisotopic (exact) mass is 311 g/mol. The summed E-state index contributed by atoms with van der Waals surface area (Å²) in [6.45, 7) is 6.85. The minimum Gasteiger partial charge on any atom is -0.325 e. The summed E-state index contributed by atoms with van der Waals surface area (Å²) in [6.07, 6.45) is 23.1. The molecular weight excluding hydrogens is 266 g/mol. The molecule has 0 bridgehead atoms. The van der Waals surface area contributed by atoms with Crippen molar-refractivity contribution in [1.29, 1.82) is 0 Å².